The van der Waals surface area contributed by atoms with Crippen molar-refractivity contribution < 1.29 is 18.7 Å². The molecular formula is C20H19FN4O3. The van der Waals surface area contributed by atoms with Gasteiger partial charge in [-0.15, -0.1) is 0 Å². The minimum Gasteiger partial charge on any atom is -0.376 e. The molecule has 5 rings (SSSR count). The highest BCUT2D eigenvalue weighted by molar-refractivity contribution is 6.01. The van der Waals surface area contributed by atoms with E-state index in [1.54, 1.807) is 17.2 Å². The van der Waals surface area contributed by atoms with E-state index in [-0.39, 0.29) is 24.2 Å². The second-order valence-corrected chi connectivity index (χ2v) is 7.09. The van der Waals surface area contributed by atoms with E-state index < -0.39 is 0 Å². The maximum absolute atomic E-state index is 14.0. The number of halogens is 1. The number of hydrogen-bond acceptors (Lipinski definition) is 5. The van der Waals surface area contributed by atoms with Crippen LogP contribution in [0, 0.1) is 12.7 Å². The number of carbonyl (C=O) groups is 1. The summed E-state index contributed by atoms with van der Waals surface area (Å²) in [5.74, 6) is -0.346. The molecule has 144 valence electrons. The topological polar surface area (TPSA) is 80.3 Å². The van der Waals surface area contributed by atoms with Crippen LogP contribution >= 0.6 is 0 Å². The molecule has 3 aromatic heterocycles. The molecule has 1 fully saturated rings. The molecule has 0 radical (unpaired) electrons. The molecule has 1 saturated heterocycles. The van der Waals surface area contributed by atoms with E-state index in [2.05, 4.69) is 15.0 Å². The highest BCUT2D eigenvalue weighted by atomic mass is 19.1. The molecule has 1 N–H and O–H groups in total. The van der Waals surface area contributed by atoms with E-state index in [1.165, 1.54) is 6.20 Å². The summed E-state index contributed by atoms with van der Waals surface area (Å²) in [6, 6.07) is 3.70. The number of aryl methyl sites for hydroxylation is 1. The van der Waals surface area contributed by atoms with Gasteiger partial charge in [0, 0.05) is 29.2 Å². The lowest BCUT2D eigenvalue weighted by Crippen LogP contribution is -2.41. The number of nitrogens with one attached hydrogen (secondary N) is 1. The molecule has 28 heavy (non-hydrogen) atoms. The zero-order valence-electron chi connectivity index (χ0n) is 15.4. The fraction of sp³-hybridized carbons (Fsp3) is 0.350. The quantitative estimate of drug-likeness (QED) is 0.752. The summed E-state index contributed by atoms with van der Waals surface area (Å²) in [5.41, 5.74) is 4.39. The van der Waals surface area contributed by atoms with E-state index in [9.17, 15) is 9.18 Å². The van der Waals surface area contributed by atoms with E-state index in [1.807, 2.05) is 13.0 Å². The van der Waals surface area contributed by atoms with Crippen molar-refractivity contribution in [2.45, 2.75) is 19.4 Å². The number of aromatic amines is 1. The van der Waals surface area contributed by atoms with Gasteiger partial charge in [0.2, 0.25) is 5.91 Å². The highest BCUT2D eigenvalue weighted by Crippen LogP contribution is 2.35. The van der Waals surface area contributed by atoms with Crippen LogP contribution in [-0.2, 0) is 20.7 Å². The maximum Gasteiger partial charge on any atom is 0.233 e. The minimum absolute atomic E-state index is 0.00141. The smallest absolute Gasteiger partial charge is 0.233 e. The Balaban J connectivity index is 1.53. The summed E-state index contributed by atoms with van der Waals surface area (Å²) in [7, 11) is 0. The number of aromatic nitrogens is 3. The molecule has 8 heteroatoms. The number of hydrogen-bond donors (Lipinski definition) is 1. The van der Waals surface area contributed by atoms with Gasteiger partial charge in [-0.2, -0.15) is 0 Å². The molecule has 2 aliphatic rings. The van der Waals surface area contributed by atoms with Gasteiger partial charge in [0.25, 0.3) is 0 Å². The largest absolute Gasteiger partial charge is 0.376 e. The molecule has 0 spiro atoms. The van der Waals surface area contributed by atoms with Gasteiger partial charge in [-0.1, -0.05) is 0 Å². The average molecular weight is 382 g/mol. The first-order valence-electron chi connectivity index (χ1n) is 9.23. The second kappa shape index (κ2) is 6.65. The van der Waals surface area contributed by atoms with Crippen LogP contribution in [-0.4, -0.2) is 53.3 Å². The highest BCUT2D eigenvalue weighted by Gasteiger charge is 2.32. The van der Waals surface area contributed by atoms with Crippen molar-refractivity contribution in [3.8, 4) is 11.1 Å². The van der Waals surface area contributed by atoms with Gasteiger partial charge in [-0.3, -0.25) is 9.78 Å². The van der Waals surface area contributed by atoms with Crippen LogP contribution in [0.3, 0.4) is 0 Å². The number of rotatable bonds is 3. The van der Waals surface area contributed by atoms with Crippen LogP contribution in [0.5, 0.6) is 0 Å². The molecule has 7 nitrogen and oxygen atoms in total. The Labute approximate surface area is 160 Å². The summed E-state index contributed by atoms with van der Waals surface area (Å²) in [5, 5.41) is 0.429. The number of nitrogens with zero attached hydrogens (tertiary/aromatic N) is 3. The molecule has 0 bridgehead atoms. The van der Waals surface area contributed by atoms with E-state index in [0.29, 0.717) is 37.4 Å². The summed E-state index contributed by atoms with van der Waals surface area (Å²) < 4.78 is 25.1. The summed E-state index contributed by atoms with van der Waals surface area (Å²) in [6.45, 7) is 3.90. The number of carbonyl (C=O) groups excluding carboxylic acids is 1. The van der Waals surface area contributed by atoms with E-state index in [4.69, 9.17) is 9.47 Å². The normalized spacial score (nSPS) is 19.4. The first kappa shape index (κ1) is 17.3. The molecular weight excluding hydrogens is 363 g/mol. The van der Waals surface area contributed by atoms with Crippen molar-refractivity contribution in [1.82, 2.24) is 15.0 Å². The van der Waals surface area contributed by atoms with Gasteiger partial charge in [0.05, 0.1) is 55.7 Å². The number of H-pyrrole nitrogens is 1. The Hall–Kier alpha value is -2.84. The van der Waals surface area contributed by atoms with Gasteiger partial charge in [-0.25, -0.2) is 9.37 Å². The summed E-state index contributed by atoms with van der Waals surface area (Å²) in [4.78, 5) is 26.0. The Morgan fingerprint density at radius 1 is 1.36 bits per heavy atom. The minimum atomic E-state index is -0.345. The first-order chi connectivity index (χ1) is 13.6. The van der Waals surface area contributed by atoms with Crippen molar-refractivity contribution in [3.63, 3.8) is 0 Å². The van der Waals surface area contributed by atoms with Crippen LogP contribution in [0.2, 0.25) is 0 Å². The van der Waals surface area contributed by atoms with Gasteiger partial charge < -0.3 is 19.4 Å². The summed E-state index contributed by atoms with van der Waals surface area (Å²) >= 11 is 0. The number of fused-ring (bicyclic) bond motifs is 2. The van der Waals surface area contributed by atoms with Crippen LogP contribution in [0.25, 0.3) is 22.2 Å². The molecule has 1 amide bonds. The standard InChI is InChI=1S/C20H19FN4O3/c1-11-14(12-4-15-16(21)8-23-20(15)22-7-12)5-18-17(24-11)6-19(26)25(18)9-13-10-27-2-3-28-13/h4-5,7-8,13H,2-3,6,9-10H2,1H3,(H,22,23)/t13-/m0/s1. The zero-order chi connectivity index (χ0) is 19.3. The SMILES string of the molecule is Cc1nc2c(cc1-c1cnc3[nH]cc(F)c3c1)N(C[C@H]1COCCO1)C(=O)C2. The Kier molecular flexibility index (Phi) is 4.10. The number of amides is 1. The molecule has 0 aromatic carbocycles. The monoisotopic (exact) mass is 382 g/mol. The van der Waals surface area contributed by atoms with Crippen LogP contribution in [0.15, 0.2) is 24.5 Å². The van der Waals surface area contributed by atoms with Gasteiger partial charge in [-0.05, 0) is 19.1 Å². The van der Waals surface area contributed by atoms with Crippen molar-refractivity contribution in [1.29, 1.82) is 0 Å². The fourth-order valence-corrected chi connectivity index (χ4v) is 3.84. The zero-order valence-corrected chi connectivity index (χ0v) is 15.4. The van der Waals surface area contributed by atoms with Crippen molar-refractivity contribution in [2.24, 2.45) is 0 Å². The second-order valence-electron chi connectivity index (χ2n) is 7.09. The van der Waals surface area contributed by atoms with Crippen molar-refractivity contribution in [2.75, 3.05) is 31.3 Å². The predicted molar refractivity (Wildman–Crippen MR) is 101 cm³/mol. The molecule has 3 aromatic rings. The van der Waals surface area contributed by atoms with E-state index in [0.717, 1.165) is 28.2 Å². The lowest BCUT2D eigenvalue weighted by Gasteiger charge is -2.27. The van der Waals surface area contributed by atoms with Crippen molar-refractivity contribution in [3.05, 3.63) is 41.7 Å². The average Bonchev–Trinajstić information content (AvgIpc) is 3.21. The molecule has 0 unspecified atom stereocenters. The maximum atomic E-state index is 14.0. The number of anilines is 1. The number of pyridine rings is 2. The fourth-order valence-electron chi connectivity index (χ4n) is 3.84. The molecule has 0 aliphatic carbocycles. The third-order valence-electron chi connectivity index (χ3n) is 5.24. The molecule has 2 aliphatic heterocycles. The van der Waals surface area contributed by atoms with Crippen LogP contribution < -0.4 is 4.90 Å². The lowest BCUT2D eigenvalue weighted by atomic mass is 10.0. The van der Waals surface area contributed by atoms with E-state index >= 15 is 0 Å². The van der Waals surface area contributed by atoms with Crippen LogP contribution in [0.1, 0.15) is 11.4 Å². The Bertz CT molecular complexity index is 1070. The predicted octanol–water partition coefficient (Wildman–Crippen LogP) is 2.38. The molecule has 1 atom stereocenters. The van der Waals surface area contributed by atoms with Crippen molar-refractivity contribution >= 4 is 22.6 Å². The Morgan fingerprint density at radius 3 is 3.07 bits per heavy atom. The third-order valence-corrected chi connectivity index (χ3v) is 5.24. The lowest BCUT2D eigenvalue weighted by molar-refractivity contribution is -0.119. The third kappa shape index (κ3) is 2.85. The van der Waals surface area contributed by atoms with Gasteiger partial charge in [0.15, 0.2) is 0 Å². The summed E-state index contributed by atoms with van der Waals surface area (Å²) in [6.07, 6.45) is 3.10. The number of ether oxygens (including phenoxy) is 2. The van der Waals surface area contributed by atoms with Gasteiger partial charge >= 0.3 is 0 Å². The molecule has 0 saturated carbocycles. The molecule has 5 heterocycles. The first-order valence-corrected chi connectivity index (χ1v) is 9.23. The van der Waals surface area contributed by atoms with Crippen LogP contribution in [0.4, 0.5) is 10.1 Å². The van der Waals surface area contributed by atoms with Gasteiger partial charge in [0.1, 0.15) is 11.5 Å². The Morgan fingerprint density at radius 2 is 2.25 bits per heavy atom.